The predicted molar refractivity (Wildman–Crippen MR) is 69.3 cm³/mol. The first-order valence-electron chi connectivity index (χ1n) is 5.44. The Kier molecular flexibility index (Phi) is 6.36. The van der Waals surface area contributed by atoms with Crippen molar-refractivity contribution in [2.24, 2.45) is 10.4 Å². The number of allylic oxidation sites excluding steroid dienone is 1. The predicted octanol–water partition coefficient (Wildman–Crippen LogP) is 2.63. The molecule has 0 saturated carbocycles. The van der Waals surface area contributed by atoms with Gasteiger partial charge in [0.15, 0.2) is 0 Å². The summed E-state index contributed by atoms with van der Waals surface area (Å²) in [6.07, 6.45) is 4.61. The van der Waals surface area contributed by atoms with Crippen LogP contribution in [0.15, 0.2) is 30.4 Å². The zero-order chi connectivity index (χ0) is 12.6. The molecule has 0 aromatic carbocycles. The van der Waals surface area contributed by atoms with E-state index in [9.17, 15) is 5.26 Å². The lowest BCUT2D eigenvalue weighted by atomic mass is 9.78. The Balaban J connectivity index is 5.08. The van der Waals surface area contributed by atoms with Crippen LogP contribution in [0.4, 0.5) is 0 Å². The van der Waals surface area contributed by atoms with Gasteiger partial charge in [0, 0.05) is 6.20 Å². The highest BCUT2D eigenvalue weighted by Crippen LogP contribution is 2.28. The van der Waals surface area contributed by atoms with Crippen LogP contribution >= 0.6 is 0 Å². The maximum Gasteiger partial charge on any atom is 0.100 e. The summed E-state index contributed by atoms with van der Waals surface area (Å²) < 4.78 is 0. The number of hydrogen-bond acceptors (Lipinski definition) is 3. The quantitative estimate of drug-likeness (QED) is 0.617. The Morgan fingerprint density at radius 3 is 2.44 bits per heavy atom. The molecular formula is C13H21N3. The first-order valence-corrected chi connectivity index (χ1v) is 5.44. The van der Waals surface area contributed by atoms with E-state index in [4.69, 9.17) is 0 Å². The van der Waals surface area contributed by atoms with Crippen molar-refractivity contribution < 1.29 is 0 Å². The van der Waals surface area contributed by atoms with E-state index in [1.165, 1.54) is 6.20 Å². The summed E-state index contributed by atoms with van der Waals surface area (Å²) in [6.45, 7) is 10.1. The molecule has 88 valence electrons. The highest BCUT2D eigenvalue weighted by Gasteiger charge is 2.32. The standard InChI is InChI=1S/C13H21N3/c1-6-12(15-8-3)13(7-2,11-14)9-10-16(4)5/h6,8H,1,3,7,9-10H2,2,4-5H3. The first kappa shape index (κ1) is 14.6. The van der Waals surface area contributed by atoms with E-state index in [1.54, 1.807) is 6.08 Å². The number of hydrogen-bond donors (Lipinski definition) is 0. The molecule has 3 nitrogen and oxygen atoms in total. The van der Waals surface area contributed by atoms with Gasteiger partial charge in [-0.2, -0.15) is 5.26 Å². The summed E-state index contributed by atoms with van der Waals surface area (Å²) in [5.41, 5.74) is 0.176. The molecule has 0 N–H and O–H groups in total. The van der Waals surface area contributed by atoms with Gasteiger partial charge in [-0.15, -0.1) is 0 Å². The fourth-order valence-electron chi connectivity index (χ4n) is 1.56. The van der Waals surface area contributed by atoms with Gasteiger partial charge in [0.05, 0.1) is 11.8 Å². The van der Waals surface area contributed by atoms with Crippen LogP contribution < -0.4 is 0 Å². The third kappa shape index (κ3) is 3.63. The Morgan fingerprint density at radius 2 is 2.12 bits per heavy atom. The first-order chi connectivity index (χ1) is 7.56. The summed E-state index contributed by atoms with van der Waals surface area (Å²) in [7, 11) is 3.99. The molecule has 3 heteroatoms. The molecule has 16 heavy (non-hydrogen) atoms. The van der Waals surface area contributed by atoms with E-state index in [2.05, 4.69) is 29.1 Å². The lowest BCUT2D eigenvalue weighted by Crippen LogP contribution is -2.31. The van der Waals surface area contributed by atoms with Crippen LogP contribution in [-0.4, -0.2) is 31.3 Å². The molecule has 0 bridgehead atoms. The van der Waals surface area contributed by atoms with E-state index in [0.29, 0.717) is 5.71 Å². The van der Waals surface area contributed by atoms with E-state index < -0.39 is 5.41 Å². The van der Waals surface area contributed by atoms with Crippen LogP contribution in [0.3, 0.4) is 0 Å². The smallest absolute Gasteiger partial charge is 0.100 e. The zero-order valence-corrected chi connectivity index (χ0v) is 10.5. The average Bonchev–Trinajstić information content (AvgIpc) is 2.29. The molecule has 0 saturated heterocycles. The maximum atomic E-state index is 9.39. The van der Waals surface area contributed by atoms with E-state index in [0.717, 1.165) is 19.4 Å². The van der Waals surface area contributed by atoms with Crippen LogP contribution in [0.5, 0.6) is 0 Å². The molecule has 0 amide bonds. The molecule has 0 spiro atoms. The average molecular weight is 219 g/mol. The minimum absolute atomic E-state index is 0.541. The molecule has 0 heterocycles. The minimum Gasteiger partial charge on any atom is -0.309 e. The summed E-state index contributed by atoms with van der Waals surface area (Å²) in [6, 6.07) is 2.38. The van der Waals surface area contributed by atoms with Gasteiger partial charge >= 0.3 is 0 Å². The fraction of sp³-hybridized carbons (Fsp3) is 0.538. The molecule has 1 unspecified atom stereocenters. The highest BCUT2D eigenvalue weighted by molar-refractivity contribution is 6.01. The Hall–Kier alpha value is -1.40. The molecule has 0 fully saturated rings. The van der Waals surface area contributed by atoms with Gasteiger partial charge in [-0.1, -0.05) is 20.1 Å². The van der Waals surface area contributed by atoms with Crippen molar-refractivity contribution in [3.05, 3.63) is 25.4 Å². The van der Waals surface area contributed by atoms with Crippen molar-refractivity contribution in [2.45, 2.75) is 19.8 Å². The van der Waals surface area contributed by atoms with Crippen molar-refractivity contribution in [3.63, 3.8) is 0 Å². The van der Waals surface area contributed by atoms with Crippen LogP contribution in [-0.2, 0) is 0 Å². The minimum atomic E-state index is -0.541. The molecule has 0 radical (unpaired) electrons. The van der Waals surface area contributed by atoms with Crippen LogP contribution in [0.2, 0.25) is 0 Å². The molecule has 0 aliphatic rings. The van der Waals surface area contributed by atoms with Crippen LogP contribution in [0.1, 0.15) is 19.8 Å². The molecule has 0 aromatic rings. The van der Waals surface area contributed by atoms with Crippen LogP contribution in [0, 0.1) is 16.7 Å². The van der Waals surface area contributed by atoms with Crippen molar-refractivity contribution in [1.82, 2.24) is 4.90 Å². The monoisotopic (exact) mass is 219 g/mol. The summed E-state index contributed by atoms with van der Waals surface area (Å²) in [4.78, 5) is 6.22. The Labute approximate surface area is 98.8 Å². The summed E-state index contributed by atoms with van der Waals surface area (Å²) in [5.74, 6) is 0. The Morgan fingerprint density at radius 1 is 1.50 bits per heavy atom. The lowest BCUT2D eigenvalue weighted by Gasteiger charge is -2.26. The van der Waals surface area contributed by atoms with E-state index in [-0.39, 0.29) is 0 Å². The van der Waals surface area contributed by atoms with Gasteiger partial charge in [-0.05, 0) is 39.6 Å². The zero-order valence-electron chi connectivity index (χ0n) is 10.5. The highest BCUT2D eigenvalue weighted by atomic mass is 15.0. The van der Waals surface area contributed by atoms with Gasteiger partial charge in [-0.25, -0.2) is 0 Å². The fourth-order valence-corrected chi connectivity index (χ4v) is 1.56. The molecule has 0 aliphatic heterocycles. The second-order valence-corrected chi connectivity index (χ2v) is 4.00. The number of rotatable bonds is 7. The molecule has 1 atom stereocenters. The molecule has 0 rings (SSSR count). The third-order valence-electron chi connectivity index (χ3n) is 2.72. The van der Waals surface area contributed by atoms with Gasteiger partial charge in [0.2, 0.25) is 0 Å². The molecular weight excluding hydrogens is 198 g/mol. The second-order valence-electron chi connectivity index (χ2n) is 4.00. The van der Waals surface area contributed by atoms with Crippen LogP contribution in [0.25, 0.3) is 0 Å². The van der Waals surface area contributed by atoms with Gasteiger partial charge < -0.3 is 4.90 Å². The van der Waals surface area contributed by atoms with Gasteiger partial charge in [0.1, 0.15) is 5.41 Å². The van der Waals surface area contributed by atoms with E-state index in [1.807, 2.05) is 21.0 Å². The normalized spacial score (nSPS) is 15.3. The van der Waals surface area contributed by atoms with Gasteiger partial charge in [-0.3, -0.25) is 4.99 Å². The number of aliphatic imine (C=N–C) groups is 1. The van der Waals surface area contributed by atoms with Gasteiger partial charge in [0.25, 0.3) is 0 Å². The summed E-state index contributed by atoms with van der Waals surface area (Å²) in [5, 5.41) is 9.39. The molecule has 0 aromatic heterocycles. The SMILES string of the molecule is C=CN=C(C=C)C(C#N)(CC)CCN(C)C. The topological polar surface area (TPSA) is 39.4 Å². The second kappa shape index (κ2) is 6.97. The summed E-state index contributed by atoms with van der Waals surface area (Å²) >= 11 is 0. The number of nitrogens with zero attached hydrogens (tertiary/aromatic N) is 3. The van der Waals surface area contributed by atoms with Crippen molar-refractivity contribution in [2.75, 3.05) is 20.6 Å². The largest absolute Gasteiger partial charge is 0.309 e. The third-order valence-corrected chi connectivity index (χ3v) is 2.72. The van der Waals surface area contributed by atoms with Crippen molar-refractivity contribution in [1.29, 1.82) is 5.26 Å². The van der Waals surface area contributed by atoms with Crippen molar-refractivity contribution in [3.8, 4) is 6.07 Å². The lowest BCUT2D eigenvalue weighted by molar-refractivity contribution is 0.345. The Bertz CT molecular complexity index is 310. The number of nitriles is 1. The maximum absolute atomic E-state index is 9.39. The van der Waals surface area contributed by atoms with E-state index >= 15 is 0 Å². The van der Waals surface area contributed by atoms with Crippen molar-refractivity contribution >= 4 is 5.71 Å². The molecule has 0 aliphatic carbocycles.